The van der Waals surface area contributed by atoms with Gasteiger partial charge in [0.1, 0.15) is 0 Å². The fourth-order valence-electron chi connectivity index (χ4n) is 5.14. The van der Waals surface area contributed by atoms with Gasteiger partial charge in [0.25, 0.3) is 0 Å². The topological polar surface area (TPSA) is 59.1 Å². The predicted molar refractivity (Wildman–Crippen MR) is 142 cm³/mol. The van der Waals surface area contributed by atoms with E-state index >= 15 is 0 Å². The molecule has 2 aliphatic heterocycles. The maximum Gasteiger partial charge on any atom is 0.238 e. The Morgan fingerprint density at radius 3 is 2.23 bits per heavy atom. The number of anilines is 2. The first-order valence-corrected chi connectivity index (χ1v) is 12.8. The van der Waals surface area contributed by atoms with Gasteiger partial charge in [-0.3, -0.25) is 19.4 Å². The number of rotatable bonds is 8. The molecule has 0 saturated carbocycles. The Hall–Kier alpha value is -2.90. The van der Waals surface area contributed by atoms with Crippen molar-refractivity contribution in [1.82, 2.24) is 14.7 Å². The zero-order chi connectivity index (χ0) is 24.8. The molecule has 0 atom stereocenters. The van der Waals surface area contributed by atoms with Crippen LogP contribution in [0.2, 0.25) is 0 Å². The van der Waals surface area contributed by atoms with E-state index in [2.05, 4.69) is 44.3 Å². The highest BCUT2D eigenvalue weighted by atomic mass is 16.2. The number of piperazine rings is 1. The fraction of sp³-hybridized carbons (Fsp3) is 0.500. The van der Waals surface area contributed by atoms with Gasteiger partial charge in [-0.15, -0.1) is 0 Å². The van der Waals surface area contributed by atoms with Crippen LogP contribution in [0.4, 0.5) is 11.4 Å². The van der Waals surface area contributed by atoms with E-state index in [0.29, 0.717) is 39.3 Å². The summed E-state index contributed by atoms with van der Waals surface area (Å²) in [6.45, 7) is 10.5. The van der Waals surface area contributed by atoms with Crippen LogP contribution < -0.4 is 10.2 Å². The van der Waals surface area contributed by atoms with Crippen molar-refractivity contribution in [3.63, 3.8) is 0 Å². The van der Waals surface area contributed by atoms with Gasteiger partial charge >= 0.3 is 0 Å². The third-order valence-corrected chi connectivity index (χ3v) is 7.12. The standard InChI is InChI=1S/C28H39N5O2/c1-22-9-8-10-23(2)28(22)29-26(34)20-31-15-17-33(18-16-31)27(35)21-30(3)19-24-11-4-5-12-25(24)32-13-6-7-14-32/h4-5,8-12H,6-7,13-21H2,1-3H3,(H,29,34). The Bertz CT molecular complexity index is 1010. The van der Waals surface area contributed by atoms with Gasteiger partial charge in [-0.25, -0.2) is 0 Å². The first-order chi connectivity index (χ1) is 16.9. The lowest BCUT2D eigenvalue weighted by Crippen LogP contribution is -2.52. The molecular weight excluding hydrogens is 438 g/mol. The number of nitrogens with zero attached hydrogens (tertiary/aromatic N) is 4. The third kappa shape index (κ3) is 6.61. The number of carbonyl (C=O) groups excluding carboxylic acids is 2. The van der Waals surface area contributed by atoms with Gasteiger partial charge in [0, 0.05) is 57.2 Å². The third-order valence-electron chi connectivity index (χ3n) is 7.12. The molecule has 0 unspecified atom stereocenters. The summed E-state index contributed by atoms with van der Waals surface area (Å²) in [5, 5.41) is 3.06. The Morgan fingerprint density at radius 2 is 1.54 bits per heavy atom. The zero-order valence-corrected chi connectivity index (χ0v) is 21.4. The van der Waals surface area contributed by atoms with Gasteiger partial charge in [0.15, 0.2) is 0 Å². The smallest absolute Gasteiger partial charge is 0.238 e. The van der Waals surface area contributed by atoms with E-state index in [0.717, 1.165) is 36.4 Å². The van der Waals surface area contributed by atoms with E-state index in [1.807, 2.05) is 44.0 Å². The number of nitrogens with one attached hydrogen (secondary N) is 1. The molecular formula is C28H39N5O2. The molecule has 7 nitrogen and oxygen atoms in total. The van der Waals surface area contributed by atoms with Crippen LogP contribution in [0, 0.1) is 13.8 Å². The molecule has 0 spiro atoms. The second kappa shape index (κ2) is 11.7. The number of hydrogen-bond acceptors (Lipinski definition) is 5. The molecule has 2 aliphatic rings. The molecule has 35 heavy (non-hydrogen) atoms. The van der Waals surface area contributed by atoms with Crippen LogP contribution >= 0.6 is 0 Å². The summed E-state index contributed by atoms with van der Waals surface area (Å²) in [4.78, 5) is 34.2. The Kier molecular flexibility index (Phi) is 8.42. The summed E-state index contributed by atoms with van der Waals surface area (Å²) in [6.07, 6.45) is 2.50. The monoisotopic (exact) mass is 477 g/mol. The Balaban J connectivity index is 1.22. The molecule has 2 heterocycles. The molecule has 1 N–H and O–H groups in total. The van der Waals surface area contributed by atoms with E-state index in [1.54, 1.807) is 0 Å². The summed E-state index contributed by atoms with van der Waals surface area (Å²) in [5.41, 5.74) is 5.63. The highest BCUT2D eigenvalue weighted by Gasteiger charge is 2.24. The second-order valence-corrected chi connectivity index (χ2v) is 9.97. The highest BCUT2D eigenvalue weighted by Crippen LogP contribution is 2.25. The minimum Gasteiger partial charge on any atom is -0.371 e. The van der Waals surface area contributed by atoms with Gasteiger partial charge in [-0.1, -0.05) is 36.4 Å². The van der Waals surface area contributed by atoms with E-state index < -0.39 is 0 Å². The van der Waals surface area contributed by atoms with Crippen LogP contribution in [-0.4, -0.2) is 85.9 Å². The van der Waals surface area contributed by atoms with Crippen LogP contribution in [-0.2, 0) is 16.1 Å². The largest absolute Gasteiger partial charge is 0.371 e. The van der Waals surface area contributed by atoms with Gasteiger partial charge in [0.05, 0.1) is 13.1 Å². The highest BCUT2D eigenvalue weighted by molar-refractivity contribution is 5.93. The number of hydrogen-bond donors (Lipinski definition) is 1. The average Bonchev–Trinajstić information content (AvgIpc) is 3.37. The molecule has 0 bridgehead atoms. The van der Waals surface area contributed by atoms with Crippen molar-refractivity contribution >= 4 is 23.2 Å². The molecule has 2 aromatic rings. The first-order valence-electron chi connectivity index (χ1n) is 12.8. The van der Waals surface area contributed by atoms with Gasteiger partial charge in [0.2, 0.25) is 11.8 Å². The Labute approximate surface area is 209 Å². The number of para-hydroxylation sites is 2. The number of benzene rings is 2. The number of aryl methyl sites for hydroxylation is 2. The lowest BCUT2D eigenvalue weighted by molar-refractivity contribution is -0.134. The Morgan fingerprint density at radius 1 is 0.886 bits per heavy atom. The van der Waals surface area contributed by atoms with Crippen molar-refractivity contribution in [2.75, 3.05) is 69.6 Å². The van der Waals surface area contributed by atoms with E-state index in [4.69, 9.17) is 0 Å². The van der Waals surface area contributed by atoms with Crippen molar-refractivity contribution in [1.29, 1.82) is 0 Å². The summed E-state index contributed by atoms with van der Waals surface area (Å²) >= 11 is 0. The molecule has 2 saturated heterocycles. The lowest BCUT2D eigenvalue weighted by Gasteiger charge is -2.35. The van der Waals surface area contributed by atoms with Crippen molar-refractivity contribution in [3.8, 4) is 0 Å². The quantitative estimate of drug-likeness (QED) is 0.633. The van der Waals surface area contributed by atoms with Gasteiger partial charge < -0.3 is 15.1 Å². The predicted octanol–water partition coefficient (Wildman–Crippen LogP) is 3.12. The van der Waals surface area contributed by atoms with Crippen LogP contribution in [0.1, 0.15) is 29.5 Å². The van der Waals surface area contributed by atoms with Crippen LogP contribution in [0.25, 0.3) is 0 Å². The summed E-state index contributed by atoms with van der Waals surface area (Å²) in [6, 6.07) is 14.6. The number of amides is 2. The summed E-state index contributed by atoms with van der Waals surface area (Å²) in [5.74, 6) is 0.157. The number of carbonyl (C=O) groups is 2. The van der Waals surface area contributed by atoms with Crippen molar-refractivity contribution < 1.29 is 9.59 Å². The SMILES string of the molecule is Cc1cccc(C)c1NC(=O)CN1CCN(C(=O)CN(C)Cc2ccccc2N2CCCC2)CC1. The minimum absolute atomic E-state index is 0.00132. The van der Waals surface area contributed by atoms with Crippen LogP contribution in [0.5, 0.6) is 0 Å². The first kappa shape index (κ1) is 25.2. The molecule has 2 fully saturated rings. The van der Waals surface area contributed by atoms with Gasteiger partial charge in [-0.05, 0) is 56.5 Å². The van der Waals surface area contributed by atoms with Crippen LogP contribution in [0.15, 0.2) is 42.5 Å². The normalized spacial score (nSPS) is 16.7. The molecule has 4 rings (SSSR count). The molecule has 2 amide bonds. The minimum atomic E-state index is -0.00132. The molecule has 0 radical (unpaired) electrons. The maximum atomic E-state index is 13.0. The fourth-order valence-corrected chi connectivity index (χ4v) is 5.14. The lowest BCUT2D eigenvalue weighted by atomic mass is 10.1. The van der Waals surface area contributed by atoms with Gasteiger partial charge in [-0.2, -0.15) is 0 Å². The van der Waals surface area contributed by atoms with E-state index in [-0.39, 0.29) is 11.8 Å². The van der Waals surface area contributed by atoms with E-state index in [9.17, 15) is 9.59 Å². The summed E-state index contributed by atoms with van der Waals surface area (Å²) < 4.78 is 0. The molecule has 2 aromatic carbocycles. The molecule has 7 heteroatoms. The molecule has 188 valence electrons. The van der Waals surface area contributed by atoms with Crippen LogP contribution in [0.3, 0.4) is 0 Å². The van der Waals surface area contributed by atoms with Crippen molar-refractivity contribution in [3.05, 3.63) is 59.2 Å². The zero-order valence-electron chi connectivity index (χ0n) is 21.4. The average molecular weight is 478 g/mol. The summed E-state index contributed by atoms with van der Waals surface area (Å²) in [7, 11) is 2.02. The van der Waals surface area contributed by atoms with E-state index in [1.165, 1.54) is 24.1 Å². The second-order valence-electron chi connectivity index (χ2n) is 9.97. The maximum absolute atomic E-state index is 13.0. The molecule has 0 aromatic heterocycles. The van der Waals surface area contributed by atoms with Crippen molar-refractivity contribution in [2.45, 2.75) is 33.2 Å². The van der Waals surface area contributed by atoms with Crippen molar-refractivity contribution in [2.24, 2.45) is 0 Å². The number of likely N-dealkylation sites (N-methyl/N-ethyl adjacent to an activating group) is 1. The molecule has 0 aliphatic carbocycles.